The first kappa shape index (κ1) is 12.0. The molecule has 4 aromatic rings. The number of rotatable bonds is 2. The number of para-hydroxylation sites is 1. The third-order valence-electron chi connectivity index (χ3n) is 3.78. The monoisotopic (exact) mass is 274 g/mol. The number of benzene rings is 3. The highest BCUT2D eigenvalue weighted by atomic mass is 16.5. The first-order valence-corrected chi connectivity index (χ1v) is 6.91. The molecule has 0 aliphatic heterocycles. The second kappa shape index (κ2) is 4.67. The Hall–Kier alpha value is -2.74. The Morgan fingerprint density at radius 3 is 2.33 bits per heavy atom. The van der Waals surface area contributed by atoms with Crippen molar-refractivity contribution in [2.45, 2.75) is 0 Å². The number of ether oxygens (including phenoxy) is 1. The van der Waals surface area contributed by atoms with E-state index in [1.807, 2.05) is 36.4 Å². The number of methoxy groups -OCH3 is 1. The van der Waals surface area contributed by atoms with E-state index in [1.165, 1.54) is 0 Å². The van der Waals surface area contributed by atoms with Crippen LogP contribution in [0.4, 0.5) is 0 Å². The van der Waals surface area contributed by atoms with Crippen LogP contribution in [0.5, 0.6) is 5.75 Å². The molecule has 0 saturated heterocycles. The van der Waals surface area contributed by atoms with Gasteiger partial charge in [-0.2, -0.15) is 0 Å². The summed E-state index contributed by atoms with van der Waals surface area (Å²) in [4.78, 5) is 0. The third kappa shape index (κ3) is 1.88. The summed E-state index contributed by atoms with van der Waals surface area (Å²) in [5, 5.41) is 2.20. The fraction of sp³-hybridized carbons (Fsp3) is 0.0526. The molecular formula is C19H14O2. The summed E-state index contributed by atoms with van der Waals surface area (Å²) in [7, 11) is 1.70. The van der Waals surface area contributed by atoms with Crippen LogP contribution in [0.3, 0.4) is 0 Å². The Balaban J connectivity index is 2.06. The molecule has 2 nitrogen and oxygen atoms in total. The predicted molar refractivity (Wildman–Crippen MR) is 85.7 cm³/mol. The highest BCUT2D eigenvalue weighted by molar-refractivity contribution is 6.07. The Bertz CT molecular complexity index is 920. The van der Waals surface area contributed by atoms with Crippen molar-refractivity contribution in [3.05, 3.63) is 66.7 Å². The van der Waals surface area contributed by atoms with E-state index in [-0.39, 0.29) is 0 Å². The summed E-state index contributed by atoms with van der Waals surface area (Å²) in [5.74, 6) is 0.861. The van der Waals surface area contributed by atoms with Gasteiger partial charge in [-0.3, -0.25) is 0 Å². The van der Waals surface area contributed by atoms with Crippen LogP contribution < -0.4 is 4.74 Å². The van der Waals surface area contributed by atoms with E-state index in [4.69, 9.17) is 9.15 Å². The van der Waals surface area contributed by atoms with Crippen LogP contribution in [0.2, 0.25) is 0 Å². The van der Waals surface area contributed by atoms with Crippen LogP contribution in [0.15, 0.2) is 71.1 Å². The molecule has 0 spiro atoms. The van der Waals surface area contributed by atoms with E-state index in [0.717, 1.165) is 38.8 Å². The van der Waals surface area contributed by atoms with Gasteiger partial charge in [0.05, 0.1) is 7.11 Å². The van der Waals surface area contributed by atoms with Crippen molar-refractivity contribution < 1.29 is 9.15 Å². The zero-order chi connectivity index (χ0) is 14.2. The van der Waals surface area contributed by atoms with Gasteiger partial charge in [0, 0.05) is 16.3 Å². The smallest absolute Gasteiger partial charge is 0.136 e. The van der Waals surface area contributed by atoms with Gasteiger partial charge in [0.15, 0.2) is 0 Å². The number of fused-ring (bicyclic) bond motifs is 3. The molecule has 0 amide bonds. The maximum absolute atomic E-state index is 5.96. The molecule has 3 aromatic carbocycles. The average molecular weight is 274 g/mol. The maximum Gasteiger partial charge on any atom is 0.136 e. The van der Waals surface area contributed by atoms with E-state index in [9.17, 15) is 0 Å². The lowest BCUT2D eigenvalue weighted by atomic mass is 10.0. The molecule has 0 atom stereocenters. The fourth-order valence-electron chi connectivity index (χ4n) is 2.76. The summed E-state index contributed by atoms with van der Waals surface area (Å²) in [6, 6.07) is 22.4. The molecule has 0 N–H and O–H groups in total. The number of hydrogen-bond acceptors (Lipinski definition) is 2. The van der Waals surface area contributed by atoms with E-state index in [0.29, 0.717) is 0 Å². The van der Waals surface area contributed by atoms with E-state index in [1.54, 1.807) is 7.11 Å². The first-order valence-electron chi connectivity index (χ1n) is 6.91. The van der Waals surface area contributed by atoms with Crippen molar-refractivity contribution in [1.29, 1.82) is 0 Å². The molecule has 102 valence electrons. The number of hydrogen-bond donors (Lipinski definition) is 0. The molecule has 0 bridgehead atoms. The maximum atomic E-state index is 5.96. The van der Waals surface area contributed by atoms with Crippen molar-refractivity contribution >= 4 is 21.9 Å². The second-order valence-electron chi connectivity index (χ2n) is 5.01. The van der Waals surface area contributed by atoms with E-state index in [2.05, 4.69) is 30.3 Å². The Kier molecular flexibility index (Phi) is 2.68. The zero-order valence-electron chi connectivity index (χ0n) is 11.7. The normalized spacial score (nSPS) is 11.1. The van der Waals surface area contributed by atoms with Crippen LogP contribution in [-0.2, 0) is 0 Å². The minimum absolute atomic E-state index is 0.861. The SMILES string of the molecule is COc1cc2c(cc1-c1ccccc1)oc1ccccc12. The van der Waals surface area contributed by atoms with Gasteiger partial charge in [0.1, 0.15) is 16.9 Å². The van der Waals surface area contributed by atoms with Gasteiger partial charge in [-0.15, -0.1) is 0 Å². The Labute approximate surface area is 122 Å². The molecule has 1 heterocycles. The first-order chi connectivity index (χ1) is 10.4. The van der Waals surface area contributed by atoms with Crippen molar-refractivity contribution in [1.82, 2.24) is 0 Å². The molecule has 1 aromatic heterocycles. The largest absolute Gasteiger partial charge is 0.496 e. The van der Waals surface area contributed by atoms with Gasteiger partial charge in [0.2, 0.25) is 0 Å². The van der Waals surface area contributed by atoms with E-state index >= 15 is 0 Å². The Morgan fingerprint density at radius 1 is 0.762 bits per heavy atom. The summed E-state index contributed by atoms with van der Waals surface area (Å²) in [6.45, 7) is 0. The van der Waals surface area contributed by atoms with Gasteiger partial charge >= 0.3 is 0 Å². The minimum Gasteiger partial charge on any atom is -0.496 e. The molecule has 21 heavy (non-hydrogen) atoms. The molecule has 0 saturated carbocycles. The van der Waals surface area contributed by atoms with Crippen LogP contribution in [0.1, 0.15) is 0 Å². The third-order valence-corrected chi connectivity index (χ3v) is 3.78. The van der Waals surface area contributed by atoms with Gasteiger partial charge in [-0.1, -0.05) is 48.5 Å². The standard InChI is InChI=1S/C19H14O2/c1-20-18-12-16-14-9-5-6-10-17(14)21-19(16)11-15(18)13-7-3-2-4-8-13/h2-12H,1H3. The average Bonchev–Trinajstić information content (AvgIpc) is 2.92. The lowest BCUT2D eigenvalue weighted by Gasteiger charge is -2.08. The van der Waals surface area contributed by atoms with Gasteiger partial charge in [0.25, 0.3) is 0 Å². The molecule has 0 fully saturated rings. The Morgan fingerprint density at radius 2 is 1.52 bits per heavy atom. The summed E-state index contributed by atoms with van der Waals surface area (Å²) in [6.07, 6.45) is 0. The summed E-state index contributed by atoms with van der Waals surface area (Å²) in [5.41, 5.74) is 3.96. The second-order valence-corrected chi connectivity index (χ2v) is 5.01. The minimum atomic E-state index is 0.861. The zero-order valence-corrected chi connectivity index (χ0v) is 11.7. The molecule has 4 rings (SSSR count). The molecule has 0 unspecified atom stereocenters. The van der Waals surface area contributed by atoms with Crippen LogP contribution >= 0.6 is 0 Å². The molecule has 0 radical (unpaired) electrons. The van der Waals surface area contributed by atoms with Crippen molar-refractivity contribution in [2.75, 3.05) is 7.11 Å². The molecule has 2 heteroatoms. The van der Waals surface area contributed by atoms with Crippen LogP contribution in [0.25, 0.3) is 33.1 Å². The highest BCUT2D eigenvalue weighted by Gasteiger charge is 2.12. The molecule has 0 aliphatic rings. The fourth-order valence-corrected chi connectivity index (χ4v) is 2.76. The lowest BCUT2D eigenvalue weighted by Crippen LogP contribution is -1.87. The lowest BCUT2D eigenvalue weighted by molar-refractivity contribution is 0.417. The van der Waals surface area contributed by atoms with Gasteiger partial charge in [-0.05, 0) is 23.8 Å². The highest BCUT2D eigenvalue weighted by Crippen LogP contribution is 2.38. The van der Waals surface area contributed by atoms with Crippen LogP contribution in [-0.4, -0.2) is 7.11 Å². The molecular weight excluding hydrogens is 260 g/mol. The number of furan rings is 1. The van der Waals surface area contributed by atoms with Crippen molar-refractivity contribution in [2.24, 2.45) is 0 Å². The van der Waals surface area contributed by atoms with E-state index < -0.39 is 0 Å². The summed E-state index contributed by atoms with van der Waals surface area (Å²) < 4.78 is 11.5. The quantitative estimate of drug-likeness (QED) is 0.497. The van der Waals surface area contributed by atoms with Crippen LogP contribution in [0, 0.1) is 0 Å². The topological polar surface area (TPSA) is 22.4 Å². The van der Waals surface area contributed by atoms with Crippen molar-refractivity contribution in [3.63, 3.8) is 0 Å². The predicted octanol–water partition coefficient (Wildman–Crippen LogP) is 5.26. The summed E-state index contributed by atoms with van der Waals surface area (Å²) >= 11 is 0. The van der Waals surface area contributed by atoms with Gasteiger partial charge in [-0.25, -0.2) is 0 Å². The van der Waals surface area contributed by atoms with Gasteiger partial charge < -0.3 is 9.15 Å². The van der Waals surface area contributed by atoms with Crippen molar-refractivity contribution in [3.8, 4) is 16.9 Å². The molecule has 0 aliphatic carbocycles.